The number of hydrogen-bond acceptors (Lipinski definition) is 3. The van der Waals surface area contributed by atoms with Crippen molar-refractivity contribution in [3.05, 3.63) is 35.6 Å². The number of benzene rings is 1. The molecule has 0 aliphatic heterocycles. The van der Waals surface area contributed by atoms with E-state index in [4.69, 9.17) is 5.11 Å². The van der Waals surface area contributed by atoms with Gasteiger partial charge in [0.2, 0.25) is 5.91 Å². The first-order chi connectivity index (χ1) is 8.90. The first-order valence-corrected chi connectivity index (χ1v) is 5.91. The molecular weight excluding hydrogens is 251 g/mol. The van der Waals surface area contributed by atoms with Crippen molar-refractivity contribution in [3.8, 4) is 0 Å². The molecule has 3 N–H and O–H groups in total. The van der Waals surface area contributed by atoms with Gasteiger partial charge < -0.3 is 10.4 Å². The van der Waals surface area contributed by atoms with Crippen LogP contribution in [0.1, 0.15) is 25.5 Å². The fourth-order valence-electron chi connectivity index (χ4n) is 1.46. The Labute approximate surface area is 110 Å². The quantitative estimate of drug-likeness (QED) is 0.721. The average molecular weight is 268 g/mol. The summed E-state index contributed by atoms with van der Waals surface area (Å²) >= 11 is 0. The van der Waals surface area contributed by atoms with Crippen LogP contribution in [-0.2, 0) is 9.59 Å². The number of nitrogens with one attached hydrogen (secondary N) is 2. The molecule has 0 fully saturated rings. The number of amides is 1. The summed E-state index contributed by atoms with van der Waals surface area (Å²) < 4.78 is 12.7. The minimum absolute atomic E-state index is 0.0843. The van der Waals surface area contributed by atoms with Gasteiger partial charge in [-0.25, -0.2) is 4.39 Å². The third-order valence-electron chi connectivity index (χ3n) is 2.69. The van der Waals surface area contributed by atoms with E-state index >= 15 is 0 Å². The van der Waals surface area contributed by atoms with Crippen molar-refractivity contribution in [1.29, 1.82) is 0 Å². The van der Waals surface area contributed by atoms with Crippen LogP contribution in [0.5, 0.6) is 0 Å². The second-order valence-electron chi connectivity index (χ2n) is 4.28. The second kappa shape index (κ2) is 6.84. The van der Waals surface area contributed by atoms with Gasteiger partial charge in [-0.05, 0) is 31.5 Å². The Hall–Kier alpha value is -1.95. The van der Waals surface area contributed by atoms with E-state index in [-0.39, 0.29) is 24.3 Å². The van der Waals surface area contributed by atoms with Crippen LogP contribution in [0.15, 0.2) is 24.3 Å². The average Bonchev–Trinajstić information content (AvgIpc) is 2.36. The highest BCUT2D eigenvalue weighted by Gasteiger charge is 2.13. The highest BCUT2D eigenvalue weighted by atomic mass is 19.1. The Kier molecular flexibility index (Phi) is 5.44. The van der Waals surface area contributed by atoms with Gasteiger partial charge in [-0.1, -0.05) is 12.1 Å². The molecule has 0 aliphatic rings. The number of carbonyl (C=O) groups excluding carboxylic acids is 1. The van der Waals surface area contributed by atoms with Gasteiger partial charge in [0.15, 0.2) is 0 Å². The van der Waals surface area contributed by atoms with Crippen molar-refractivity contribution in [2.24, 2.45) is 0 Å². The fraction of sp³-hybridized carbons (Fsp3) is 0.385. The van der Waals surface area contributed by atoms with Gasteiger partial charge in [-0.3, -0.25) is 14.9 Å². The highest BCUT2D eigenvalue weighted by Crippen LogP contribution is 2.12. The second-order valence-corrected chi connectivity index (χ2v) is 4.28. The SMILES string of the molecule is CC(NC(=O)CN[C@H](C)C(=O)O)c1ccc(F)cc1. The lowest BCUT2D eigenvalue weighted by Crippen LogP contribution is -2.42. The number of hydrogen-bond donors (Lipinski definition) is 3. The topological polar surface area (TPSA) is 78.4 Å². The molecule has 0 saturated carbocycles. The number of carboxylic acid groups (broad SMARTS) is 1. The molecule has 1 rings (SSSR count). The molecule has 1 aromatic carbocycles. The van der Waals surface area contributed by atoms with E-state index in [9.17, 15) is 14.0 Å². The maximum absolute atomic E-state index is 12.7. The molecule has 0 aromatic heterocycles. The van der Waals surface area contributed by atoms with Gasteiger partial charge in [-0.15, -0.1) is 0 Å². The summed E-state index contributed by atoms with van der Waals surface area (Å²) in [7, 11) is 0. The predicted molar refractivity (Wildman–Crippen MR) is 68.1 cm³/mol. The zero-order chi connectivity index (χ0) is 14.4. The van der Waals surface area contributed by atoms with Crippen molar-refractivity contribution in [2.75, 3.05) is 6.54 Å². The number of halogens is 1. The van der Waals surface area contributed by atoms with Crippen LogP contribution in [0.2, 0.25) is 0 Å². The first-order valence-electron chi connectivity index (χ1n) is 5.91. The Balaban J connectivity index is 2.44. The van der Waals surface area contributed by atoms with Crippen LogP contribution in [-0.4, -0.2) is 29.6 Å². The van der Waals surface area contributed by atoms with Crippen molar-refractivity contribution >= 4 is 11.9 Å². The molecule has 1 aromatic rings. The molecular formula is C13H17FN2O3. The van der Waals surface area contributed by atoms with Crippen molar-refractivity contribution in [2.45, 2.75) is 25.9 Å². The monoisotopic (exact) mass is 268 g/mol. The van der Waals surface area contributed by atoms with Crippen LogP contribution in [0, 0.1) is 5.82 Å². The number of aliphatic carboxylic acids is 1. The third kappa shape index (κ3) is 5.05. The third-order valence-corrected chi connectivity index (χ3v) is 2.69. The van der Waals surface area contributed by atoms with E-state index in [0.717, 1.165) is 5.56 Å². The Bertz CT molecular complexity index is 448. The highest BCUT2D eigenvalue weighted by molar-refractivity contribution is 5.80. The lowest BCUT2D eigenvalue weighted by atomic mass is 10.1. The van der Waals surface area contributed by atoms with Crippen LogP contribution >= 0.6 is 0 Å². The maximum Gasteiger partial charge on any atom is 0.320 e. The summed E-state index contributed by atoms with van der Waals surface area (Å²) in [6.07, 6.45) is 0. The Morgan fingerprint density at radius 2 is 1.84 bits per heavy atom. The smallest absolute Gasteiger partial charge is 0.320 e. The van der Waals surface area contributed by atoms with E-state index in [2.05, 4.69) is 10.6 Å². The Morgan fingerprint density at radius 3 is 2.37 bits per heavy atom. The molecule has 6 heteroatoms. The molecule has 0 aliphatic carbocycles. The summed E-state index contributed by atoms with van der Waals surface area (Å²) in [5.41, 5.74) is 0.779. The fourth-order valence-corrected chi connectivity index (χ4v) is 1.46. The van der Waals surface area contributed by atoms with Crippen LogP contribution in [0.4, 0.5) is 4.39 Å². The van der Waals surface area contributed by atoms with Gasteiger partial charge in [0, 0.05) is 0 Å². The summed E-state index contributed by atoms with van der Waals surface area (Å²) in [6, 6.07) is 4.77. The standard InChI is InChI=1S/C13H17FN2O3/c1-8(10-3-5-11(14)6-4-10)16-12(17)7-15-9(2)13(18)19/h3-6,8-9,15H,7H2,1-2H3,(H,16,17)(H,18,19)/t8?,9-/m1/s1. The number of carboxylic acids is 1. The number of rotatable bonds is 6. The summed E-state index contributed by atoms with van der Waals surface area (Å²) in [4.78, 5) is 22.1. The van der Waals surface area contributed by atoms with E-state index in [1.165, 1.54) is 19.1 Å². The van der Waals surface area contributed by atoms with E-state index in [0.29, 0.717) is 0 Å². The summed E-state index contributed by atoms with van der Waals surface area (Å²) in [5, 5.41) is 13.9. The van der Waals surface area contributed by atoms with Crippen LogP contribution in [0.25, 0.3) is 0 Å². The molecule has 0 bridgehead atoms. The lowest BCUT2D eigenvalue weighted by Gasteiger charge is -2.15. The Morgan fingerprint density at radius 1 is 1.26 bits per heavy atom. The van der Waals surface area contributed by atoms with Gasteiger partial charge in [-0.2, -0.15) is 0 Å². The molecule has 104 valence electrons. The van der Waals surface area contributed by atoms with Crippen molar-refractivity contribution in [3.63, 3.8) is 0 Å². The minimum Gasteiger partial charge on any atom is -0.480 e. The van der Waals surface area contributed by atoms with Gasteiger partial charge >= 0.3 is 5.97 Å². The zero-order valence-corrected chi connectivity index (χ0v) is 10.8. The van der Waals surface area contributed by atoms with Gasteiger partial charge in [0.05, 0.1) is 12.6 Å². The predicted octanol–water partition coefficient (Wildman–Crippen LogP) is 1.07. The van der Waals surface area contributed by atoms with E-state index in [1.807, 2.05) is 0 Å². The zero-order valence-electron chi connectivity index (χ0n) is 10.8. The summed E-state index contributed by atoms with van der Waals surface area (Å²) in [6.45, 7) is 3.14. The summed E-state index contributed by atoms with van der Waals surface area (Å²) in [5.74, 6) is -1.66. The number of carbonyl (C=O) groups is 2. The normalized spacial score (nSPS) is 13.6. The molecule has 0 saturated heterocycles. The van der Waals surface area contributed by atoms with Crippen LogP contribution in [0.3, 0.4) is 0 Å². The lowest BCUT2D eigenvalue weighted by molar-refractivity contribution is -0.139. The van der Waals surface area contributed by atoms with E-state index in [1.54, 1.807) is 19.1 Å². The molecule has 1 unspecified atom stereocenters. The van der Waals surface area contributed by atoms with Crippen molar-refractivity contribution < 1.29 is 19.1 Å². The van der Waals surface area contributed by atoms with Crippen molar-refractivity contribution in [1.82, 2.24) is 10.6 Å². The van der Waals surface area contributed by atoms with Gasteiger partial charge in [0.1, 0.15) is 11.9 Å². The molecule has 1 amide bonds. The molecule has 0 radical (unpaired) electrons. The minimum atomic E-state index is -1.01. The van der Waals surface area contributed by atoms with Crippen LogP contribution < -0.4 is 10.6 Å². The molecule has 2 atom stereocenters. The van der Waals surface area contributed by atoms with E-state index < -0.39 is 12.0 Å². The molecule has 0 heterocycles. The molecule has 19 heavy (non-hydrogen) atoms. The first kappa shape index (κ1) is 15.1. The molecule has 0 spiro atoms. The van der Waals surface area contributed by atoms with Gasteiger partial charge in [0.25, 0.3) is 0 Å². The maximum atomic E-state index is 12.7. The largest absolute Gasteiger partial charge is 0.480 e. The molecule has 5 nitrogen and oxygen atoms in total.